The molecule has 4 aromatic carbocycles. The normalized spacial score (nSPS) is 11.6. The van der Waals surface area contributed by atoms with E-state index in [2.05, 4.69) is 15.4 Å². The zero-order chi connectivity index (χ0) is 31.0. The Morgan fingerprint density at radius 1 is 0.884 bits per heavy atom. The Kier molecular flexibility index (Phi) is 9.63. The largest absolute Gasteiger partial charge is 0.493 e. The Hall–Kier alpha value is -5.36. The van der Waals surface area contributed by atoms with Gasteiger partial charge in [0.1, 0.15) is 18.5 Å². The number of hydrogen-bond acceptors (Lipinski definition) is 8. The fraction of sp³-hybridized carbons (Fsp3) is 0.129. The van der Waals surface area contributed by atoms with Gasteiger partial charge in [0.25, 0.3) is 15.9 Å². The van der Waals surface area contributed by atoms with Crippen molar-refractivity contribution >= 4 is 39.0 Å². The van der Waals surface area contributed by atoms with E-state index >= 15 is 0 Å². The summed E-state index contributed by atoms with van der Waals surface area (Å²) in [5, 5.41) is 13.2. The molecule has 4 aromatic rings. The number of anilines is 2. The number of nitrogen functional groups attached to an aromatic ring is 1. The maximum absolute atomic E-state index is 13.6. The van der Waals surface area contributed by atoms with E-state index in [0.29, 0.717) is 40.6 Å². The summed E-state index contributed by atoms with van der Waals surface area (Å²) < 4.78 is 39.9. The first-order valence-electron chi connectivity index (χ1n) is 13.1. The van der Waals surface area contributed by atoms with E-state index in [4.69, 9.17) is 20.6 Å². The number of methoxy groups -OCH3 is 1. The Balaban J connectivity index is 1.62. The lowest BCUT2D eigenvalue weighted by Crippen LogP contribution is -2.37. The third-order valence-corrected chi connectivity index (χ3v) is 7.61. The highest BCUT2D eigenvalue weighted by Gasteiger charge is 2.27. The average Bonchev–Trinajstić information content (AvgIpc) is 2.99. The van der Waals surface area contributed by atoms with Crippen LogP contribution in [-0.2, 0) is 26.2 Å². The monoisotopic (exact) mass is 601 g/mol. The van der Waals surface area contributed by atoms with Crippen molar-refractivity contribution in [2.75, 3.05) is 17.7 Å². The number of rotatable bonds is 12. The Labute approximate surface area is 249 Å². The van der Waals surface area contributed by atoms with Gasteiger partial charge in [-0.05, 0) is 71.8 Å². The number of carbonyl (C=O) groups is 2. The Morgan fingerprint density at radius 2 is 1.53 bits per heavy atom. The number of ether oxygens (including phenoxy) is 2. The molecule has 11 nitrogen and oxygen atoms in total. The first-order chi connectivity index (χ1) is 20.6. The standard InChI is InChI=1S/C31H31N5O6S/c1-20(37)34-24-13-15-26(16-14-24)43(39,40)36-31(38)29(35-25-11-8-22(9-12-25)30(32)33)23-10-17-27(28(18-23)41-2)42-19-21-6-4-3-5-7-21/h3-18,29,35H,19H2,1-2H3,(H3,32,33)(H,34,37)(H,36,38). The smallest absolute Gasteiger partial charge is 0.264 e. The van der Waals surface area contributed by atoms with Crippen LogP contribution in [0.1, 0.15) is 29.7 Å². The lowest BCUT2D eigenvalue weighted by molar-refractivity contribution is -0.120. The van der Waals surface area contributed by atoms with Crippen molar-refractivity contribution in [3.8, 4) is 11.5 Å². The molecule has 0 radical (unpaired) electrons. The number of amidine groups is 1. The number of carbonyl (C=O) groups excluding carboxylic acids is 2. The molecule has 0 saturated carbocycles. The van der Waals surface area contributed by atoms with Crippen LogP contribution < -0.4 is 30.6 Å². The van der Waals surface area contributed by atoms with Gasteiger partial charge in [-0.15, -0.1) is 0 Å². The maximum Gasteiger partial charge on any atom is 0.264 e. The zero-order valence-corrected chi connectivity index (χ0v) is 24.3. The van der Waals surface area contributed by atoms with E-state index in [9.17, 15) is 18.0 Å². The minimum absolute atomic E-state index is 0.118. The summed E-state index contributed by atoms with van der Waals surface area (Å²) in [7, 11) is -2.82. The summed E-state index contributed by atoms with van der Waals surface area (Å²) in [6.07, 6.45) is 0. The number of amides is 2. The summed E-state index contributed by atoms with van der Waals surface area (Å²) in [6, 6.07) is 25.1. The molecule has 0 aromatic heterocycles. The van der Waals surface area contributed by atoms with Crippen LogP contribution >= 0.6 is 0 Å². The highest BCUT2D eigenvalue weighted by Crippen LogP contribution is 2.32. The fourth-order valence-electron chi connectivity index (χ4n) is 4.10. The number of nitrogens with one attached hydrogen (secondary N) is 4. The van der Waals surface area contributed by atoms with Gasteiger partial charge in [0.05, 0.1) is 12.0 Å². The van der Waals surface area contributed by atoms with Crippen LogP contribution in [0.5, 0.6) is 11.5 Å². The minimum Gasteiger partial charge on any atom is -0.493 e. The summed E-state index contributed by atoms with van der Waals surface area (Å²) in [6.45, 7) is 1.63. The lowest BCUT2D eigenvalue weighted by Gasteiger charge is -2.21. The number of benzene rings is 4. The first-order valence-corrected chi connectivity index (χ1v) is 14.5. The second-order valence-corrected chi connectivity index (χ2v) is 11.1. The summed E-state index contributed by atoms with van der Waals surface area (Å²) in [5.41, 5.74) is 8.28. The van der Waals surface area contributed by atoms with Gasteiger partial charge in [-0.3, -0.25) is 15.0 Å². The van der Waals surface area contributed by atoms with Crippen molar-refractivity contribution in [2.45, 2.75) is 24.5 Å². The zero-order valence-electron chi connectivity index (χ0n) is 23.5. The predicted octanol–water partition coefficient (Wildman–Crippen LogP) is 4.17. The van der Waals surface area contributed by atoms with E-state index in [0.717, 1.165) is 5.56 Å². The molecule has 0 spiro atoms. The van der Waals surface area contributed by atoms with Gasteiger partial charge < -0.3 is 25.8 Å². The molecular weight excluding hydrogens is 570 g/mol. The Morgan fingerprint density at radius 3 is 2.14 bits per heavy atom. The van der Waals surface area contributed by atoms with Crippen LogP contribution in [-0.4, -0.2) is 33.2 Å². The summed E-state index contributed by atoms with van der Waals surface area (Å²) >= 11 is 0. The molecule has 0 aliphatic rings. The second-order valence-electron chi connectivity index (χ2n) is 9.43. The van der Waals surface area contributed by atoms with E-state index in [1.807, 2.05) is 30.3 Å². The molecule has 2 amide bonds. The average molecular weight is 602 g/mol. The highest BCUT2D eigenvalue weighted by atomic mass is 32.2. The lowest BCUT2D eigenvalue weighted by atomic mass is 10.0. The number of nitrogens with two attached hydrogens (primary N) is 1. The van der Waals surface area contributed by atoms with Crippen molar-refractivity contribution in [1.29, 1.82) is 5.41 Å². The third-order valence-electron chi connectivity index (χ3n) is 6.25. The van der Waals surface area contributed by atoms with Crippen molar-refractivity contribution < 1.29 is 27.5 Å². The summed E-state index contributed by atoms with van der Waals surface area (Å²) in [4.78, 5) is 24.7. The molecule has 0 saturated heterocycles. The molecule has 0 bridgehead atoms. The Bertz CT molecular complexity index is 1710. The van der Waals surface area contributed by atoms with E-state index < -0.39 is 22.0 Å². The van der Waals surface area contributed by atoms with Crippen molar-refractivity contribution in [3.05, 3.63) is 114 Å². The van der Waals surface area contributed by atoms with Gasteiger partial charge in [-0.25, -0.2) is 13.1 Å². The van der Waals surface area contributed by atoms with E-state index in [1.165, 1.54) is 38.3 Å². The van der Waals surface area contributed by atoms with Gasteiger partial charge >= 0.3 is 0 Å². The second kappa shape index (κ2) is 13.5. The SMILES string of the molecule is COc1cc(C(Nc2ccc(C(=N)N)cc2)C(=O)NS(=O)(=O)c2ccc(NC(C)=O)cc2)ccc1OCc1ccccc1. The molecule has 4 rings (SSSR count). The van der Waals surface area contributed by atoms with Crippen LogP contribution in [0.3, 0.4) is 0 Å². The summed E-state index contributed by atoms with van der Waals surface area (Å²) in [5.74, 6) is -0.502. The molecule has 1 atom stereocenters. The van der Waals surface area contributed by atoms with Crippen LogP contribution in [0.2, 0.25) is 0 Å². The highest BCUT2D eigenvalue weighted by molar-refractivity contribution is 7.90. The van der Waals surface area contributed by atoms with Gasteiger partial charge in [-0.1, -0.05) is 36.4 Å². The van der Waals surface area contributed by atoms with Crippen LogP contribution in [0.25, 0.3) is 0 Å². The van der Waals surface area contributed by atoms with Gasteiger partial charge in [0.2, 0.25) is 5.91 Å². The van der Waals surface area contributed by atoms with Crippen LogP contribution in [0.15, 0.2) is 102 Å². The molecular formula is C31H31N5O6S. The van der Waals surface area contributed by atoms with Gasteiger partial charge in [-0.2, -0.15) is 0 Å². The van der Waals surface area contributed by atoms with Crippen molar-refractivity contribution in [3.63, 3.8) is 0 Å². The maximum atomic E-state index is 13.6. The van der Waals surface area contributed by atoms with Crippen molar-refractivity contribution in [1.82, 2.24) is 4.72 Å². The molecule has 43 heavy (non-hydrogen) atoms. The van der Waals surface area contributed by atoms with Crippen LogP contribution in [0, 0.1) is 5.41 Å². The number of sulfonamides is 1. The van der Waals surface area contributed by atoms with E-state index in [1.54, 1.807) is 42.5 Å². The molecule has 6 N–H and O–H groups in total. The quantitative estimate of drug-likeness (QED) is 0.119. The predicted molar refractivity (Wildman–Crippen MR) is 164 cm³/mol. The molecule has 0 heterocycles. The fourth-order valence-corrected chi connectivity index (χ4v) is 5.10. The topological polar surface area (TPSA) is 173 Å². The molecule has 0 fully saturated rings. The molecule has 222 valence electrons. The van der Waals surface area contributed by atoms with E-state index in [-0.39, 0.29) is 16.6 Å². The minimum atomic E-state index is -4.28. The third kappa shape index (κ3) is 8.11. The molecule has 0 aliphatic carbocycles. The van der Waals surface area contributed by atoms with Gasteiger partial charge in [0, 0.05) is 23.9 Å². The molecule has 1 unspecified atom stereocenters. The molecule has 12 heteroatoms. The van der Waals surface area contributed by atoms with Crippen LogP contribution in [0.4, 0.5) is 11.4 Å². The van der Waals surface area contributed by atoms with Gasteiger partial charge in [0.15, 0.2) is 11.5 Å². The molecule has 0 aliphatic heterocycles. The van der Waals surface area contributed by atoms with Crippen molar-refractivity contribution in [2.24, 2.45) is 5.73 Å². The number of hydrogen-bond donors (Lipinski definition) is 5. The first kappa shape index (κ1) is 30.6.